The van der Waals surface area contributed by atoms with Gasteiger partial charge in [0.25, 0.3) is 0 Å². The molecular weight excluding hydrogens is 342 g/mol. The van der Waals surface area contributed by atoms with Gasteiger partial charge in [-0.15, -0.1) is 0 Å². The lowest BCUT2D eigenvalue weighted by Crippen LogP contribution is -2.25. The van der Waals surface area contributed by atoms with Crippen LogP contribution in [0.2, 0.25) is 0 Å². The summed E-state index contributed by atoms with van der Waals surface area (Å²) in [6.45, 7) is 4.50. The zero-order valence-electron chi connectivity index (χ0n) is 15.6. The Balaban J connectivity index is 1.60. The van der Waals surface area contributed by atoms with E-state index in [1.165, 1.54) is 0 Å². The largest absolute Gasteiger partial charge is 0.495 e. The van der Waals surface area contributed by atoms with Crippen LogP contribution in [0.5, 0.6) is 5.75 Å². The van der Waals surface area contributed by atoms with Gasteiger partial charge in [-0.25, -0.2) is 0 Å². The van der Waals surface area contributed by atoms with Gasteiger partial charge in [-0.3, -0.25) is 4.79 Å². The topological polar surface area (TPSA) is 68.5 Å². The molecule has 1 amide bonds. The lowest BCUT2D eigenvalue weighted by Gasteiger charge is -2.19. The van der Waals surface area contributed by atoms with E-state index < -0.39 is 0 Å². The Hall–Kier alpha value is -3.15. The van der Waals surface area contributed by atoms with Gasteiger partial charge in [0.15, 0.2) is 0 Å². The number of aryl methyl sites for hydroxylation is 2. The van der Waals surface area contributed by atoms with Gasteiger partial charge >= 0.3 is 0 Å². The summed E-state index contributed by atoms with van der Waals surface area (Å²) in [6.07, 6.45) is 0.340. The highest BCUT2D eigenvalue weighted by molar-refractivity contribution is 5.97. The average Bonchev–Trinajstić information content (AvgIpc) is 3.29. The molecule has 1 saturated heterocycles. The van der Waals surface area contributed by atoms with Crippen LogP contribution < -0.4 is 9.64 Å². The Kier molecular flexibility index (Phi) is 4.39. The molecule has 0 saturated carbocycles. The smallest absolute Gasteiger partial charge is 0.232 e. The first-order chi connectivity index (χ1) is 13.1. The molecule has 1 fully saturated rings. The lowest BCUT2D eigenvalue weighted by molar-refractivity contribution is -0.117. The molecule has 1 aromatic heterocycles. The SMILES string of the molecule is COc1ccc(C)cc1N1CC(c2nc(-c3ccccc3C)no2)CC1=O. The molecule has 0 radical (unpaired) electrons. The van der Waals surface area contributed by atoms with E-state index in [9.17, 15) is 4.79 Å². The fourth-order valence-electron chi connectivity index (χ4n) is 3.45. The van der Waals surface area contributed by atoms with Crippen LogP contribution in [0.1, 0.15) is 29.4 Å². The monoisotopic (exact) mass is 363 g/mol. The first-order valence-electron chi connectivity index (χ1n) is 8.91. The van der Waals surface area contributed by atoms with E-state index in [-0.39, 0.29) is 11.8 Å². The third-order valence-electron chi connectivity index (χ3n) is 4.93. The number of nitrogens with zero attached hydrogens (tertiary/aromatic N) is 3. The van der Waals surface area contributed by atoms with Gasteiger partial charge in [-0.2, -0.15) is 4.98 Å². The summed E-state index contributed by atoms with van der Waals surface area (Å²) >= 11 is 0. The van der Waals surface area contributed by atoms with Gasteiger partial charge in [0.2, 0.25) is 17.6 Å². The number of ether oxygens (including phenoxy) is 1. The molecule has 2 heterocycles. The van der Waals surface area contributed by atoms with Gasteiger partial charge in [0.1, 0.15) is 5.75 Å². The molecule has 1 atom stereocenters. The van der Waals surface area contributed by atoms with E-state index in [0.29, 0.717) is 30.4 Å². The molecule has 27 heavy (non-hydrogen) atoms. The van der Waals surface area contributed by atoms with Crippen LogP contribution in [-0.2, 0) is 4.79 Å². The van der Waals surface area contributed by atoms with Crippen molar-refractivity contribution in [3.63, 3.8) is 0 Å². The van der Waals surface area contributed by atoms with Gasteiger partial charge in [-0.05, 0) is 37.1 Å². The lowest BCUT2D eigenvalue weighted by atomic mass is 10.1. The minimum Gasteiger partial charge on any atom is -0.495 e. The van der Waals surface area contributed by atoms with Crippen molar-refractivity contribution in [1.29, 1.82) is 0 Å². The second-order valence-electron chi connectivity index (χ2n) is 6.85. The number of amides is 1. The number of hydrogen-bond donors (Lipinski definition) is 0. The van der Waals surface area contributed by atoms with E-state index in [2.05, 4.69) is 10.1 Å². The Morgan fingerprint density at radius 3 is 2.78 bits per heavy atom. The maximum atomic E-state index is 12.6. The first-order valence-corrected chi connectivity index (χ1v) is 8.91. The average molecular weight is 363 g/mol. The van der Waals surface area contributed by atoms with Crippen LogP contribution in [0, 0.1) is 13.8 Å². The number of methoxy groups -OCH3 is 1. The zero-order chi connectivity index (χ0) is 19.0. The summed E-state index contributed by atoms with van der Waals surface area (Å²) < 4.78 is 10.9. The Bertz CT molecular complexity index is 996. The van der Waals surface area contributed by atoms with Crippen LogP contribution in [0.25, 0.3) is 11.4 Å². The summed E-state index contributed by atoms with van der Waals surface area (Å²) in [7, 11) is 1.61. The Morgan fingerprint density at radius 1 is 1.19 bits per heavy atom. The van der Waals surface area contributed by atoms with Crippen LogP contribution in [0.3, 0.4) is 0 Å². The molecule has 0 N–H and O–H groups in total. The fourth-order valence-corrected chi connectivity index (χ4v) is 3.45. The molecule has 1 aliphatic heterocycles. The van der Waals surface area contributed by atoms with Gasteiger partial charge < -0.3 is 14.2 Å². The summed E-state index contributed by atoms with van der Waals surface area (Å²) in [5, 5.41) is 4.12. The molecule has 138 valence electrons. The summed E-state index contributed by atoms with van der Waals surface area (Å²) in [6, 6.07) is 13.7. The molecule has 6 heteroatoms. The molecule has 3 aromatic rings. The summed E-state index contributed by atoms with van der Waals surface area (Å²) in [5.74, 6) is 1.63. The van der Waals surface area contributed by atoms with Crippen molar-refractivity contribution < 1.29 is 14.1 Å². The number of carbonyl (C=O) groups excluding carboxylic acids is 1. The highest BCUT2D eigenvalue weighted by Crippen LogP contribution is 2.37. The molecule has 1 aliphatic rings. The van der Waals surface area contributed by atoms with Crippen LogP contribution in [0.15, 0.2) is 47.0 Å². The van der Waals surface area contributed by atoms with Crippen LogP contribution in [0.4, 0.5) is 5.69 Å². The minimum absolute atomic E-state index is 0.0274. The third-order valence-corrected chi connectivity index (χ3v) is 4.93. The van der Waals surface area contributed by atoms with Gasteiger partial charge in [0, 0.05) is 18.5 Å². The van der Waals surface area contributed by atoms with Crippen molar-refractivity contribution in [3.8, 4) is 17.1 Å². The highest BCUT2D eigenvalue weighted by Gasteiger charge is 2.36. The second-order valence-corrected chi connectivity index (χ2v) is 6.85. The van der Waals surface area contributed by atoms with E-state index in [4.69, 9.17) is 9.26 Å². The number of anilines is 1. The van der Waals surface area contributed by atoms with Crippen molar-refractivity contribution in [2.45, 2.75) is 26.2 Å². The molecule has 0 bridgehead atoms. The van der Waals surface area contributed by atoms with Crippen LogP contribution in [-0.4, -0.2) is 29.7 Å². The summed E-state index contributed by atoms with van der Waals surface area (Å²) in [5.41, 5.74) is 3.87. The Morgan fingerprint density at radius 2 is 2.00 bits per heavy atom. The van der Waals surface area contributed by atoms with Gasteiger partial charge in [-0.1, -0.05) is 35.5 Å². The number of rotatable bonds is 4. The fraction of sp³-hybridized carbons (Fsp3) is 0.286. The third kappa shape index (κ3) is 3.18. The first kappa shape index (κ1) is 17.3. The predicted molar refractivity (Wildman–Crippen MR) is 102 cm³/mol. The quantitative estimate of drug-likeness (QED) is 0.703. The number of carbonyl (C=O) groups is 1. The molecule has 2 aromatic carbocycles. The van der Waals surface area contributed by atoms with Crippen LogP contribution >= 0.6 is 0 Å². The standard InChI is InChI=1S/C21H21N3O3/c1-13-8-9-18(26-3)17(10-13)24-12-15(11-19(24)25)21-22-20(23-27-21)16-7-5-4-6-14(16)2/h4-10,15H,11-12H2,1-3H3. The molecule has 6 nitrogen and oxygen atoms in total. The van der Waals surface area contributed by atoms with E-state index in [1.54, 1.807) is 12.0 Å². The zero-order valence-corrected chi connectivity index (χ0v) is 15.6. The van der Waals surface area contributed by atoms with E-state index in [1.807, 2.05) is 56.3 Å². The predicted octanol–water partition coefficient (Wildman–Crippen LogP) is 3.88. The summed E-state index contributed by atoms with van der Waals surface area (Å²) in [4.78, 5) is 19.0. The number of aromatic nitrogens is 2. The maximum absolute atomic E-state index is 12.6. The minimum atomic E-state index is -0.131. The molecular formula is C21H21N3O3. The normalized spacial score (nSPS) is 16.8. The van der Waals surface area contributed by atoms with Crippen molar-refractivity contribution >= 4 is 11.6 Å². The molecule has 0 spiro atoms. The molecule has 0 aliphatic carbocycles. The molecule has 1 unspecified atom stereocenters. The maximum Gasteiger partial charge on any atom is 0.232 e. The van der Waals surface area contributed by atoms with Crippen molar-refractivity contribution in [3.05, 3.63) is 59.5 Å². The van der Waals surface area contributed by atoms with E-state index in [0.717, 1.165) is 22.4 Å². The number of hydrogen-bond acceptors (Lipinski definition) is 5. The Labute approximate surface area is 157 Å². The second kappa shape index (κ2) is 6.87. The van der Waals surface area contributed by atoms with Crippen molar-refractivity contribution in [1.82, 2.24) is 10.1 Å². The van der Waals surface area contributed by atoms with Gasteiger partial charge in [0.05, 0.1) is 18.7 Å². The van der Waals surface area contributed by atoms with E-state index >= 15 is 0 Å². The highest BCUT2D eigenvalue weighted by atomic mass is 16.5. The van der Waals surface area contributed by atoms with Crippen molar-refractivity contribution in [2.75, 3.05) is 18.6 Å². The number of benzene rings is 2. The molecule has 4 rings (SSSR count). The van der Waals surface area contributed by atoms with Crippen molar-refractivity contribution in [2.24, 2.45) is 0 Å².